The Bertz CT molecular complexity index is 994. The summed E-state index contributed by atoms with van der Waals surface area (Å²) in [5.74, 6) is -0.238. The van der Waals surface area contributed by atoms with Gasteiger partial charge >= 0.3 is 0 Å². The minimum absolute atomic E-state index is 0.0158. The summed E-state index contributed by atoms with van der Waals surface area (Å²) < 4.78 is 27.4. The maximum absolute atomic E-state index is 13.1. The van der Waals surface area contributed by atoms with Crippen molar-refractivity contribution in [1.82, 2.24) is 5.32 Å². The molecule has 1 fully saturated rings. The quantitative estimate of drug-likeness (QED) is 0.580. The topological polar surface area (TPSA) is 113 Å². The molecule has 2 aromatic rings. The number of piperazine rings is 1. The number of benzene rings is 2. The van der Waals surface area contributed by atoms with Crippen LogP contribution >= 0.6 is 0 Å². The number of nitro groups is 1. The van der Waals surface area contributed by atoms with Crippen molar-refractivity contribution < 1.29 is 18.1 Å². The van der Waals surface area contributed by atoms with Crippen LogP contribution < -0.4 is 14.5 Å². The minimum atomic E-state index is -3.99. The smallest absolute Gasteiger partial charge is 0.293 e. The molecule has 0 bridgehead atoms. The van der Waals surface area contributed by atoms with Gasteiger partial charge in [-0.15, -0.1) is 0 Å². The zero-order valence-corrected chi connectivity index (χ0v) is 16.1. The van der Waals surface area contributed by atoms with E-state index in [0.717, 1.165) is 6.07 Å². The van der Waals surface area contributed by atoms with E-state index in [1.165, 1.54) is 16.4 Å². The van der Waals surface area contributed by atoms with E-state index in [1.54, 1.807) is 42.2 Å². The van der Waals surface area contributed by atoms with Crippen molar-refractivity contribution in [2.75, 3.05) is 35.4 Å². The summed E-state index contributed by atoms with van der Waals surface area (Å²) >= 11 is 0. The van der Waals surface area contributed by atoms with Crippen molar-refractivity contribution in [1.29, 1.82) is 0 Å². The molecule has 1 saturated heterocycles. The number of sulfonamides is 1. The van der Waals surface area contributed by atoms with Gasteiger partial charge in [0.05, 0.1) is 22.1 Å². The van der Waals surface area contributed by atoms with Crippen LogP contribution in [0.15, 0.2) is 53.4 Å². The van der Waals surface area contributed by atoms with Crippen LogP contribution in [-0.4, -0.2) is 45.4 Å². The number of nitrogens with one attached hydrogen (secondary N) is 1. The molecule has 0 aromatic heterocycles. The van der Waals surface area contributed by atoms with Gasteiger partial charge in [0.1, 0.15) is 5.69 Å². The molecule has 1 aliphatic heterocycles. The van der Waals surface area contributed by atoms with Gasteiger partial charge in [0, 0.05) is 25.7 Å². The van der Waals surface area contributed by atoms with Gasteiger partial charge in [-0.05, 0) is 31.2 Å². The molecule has 9 nitrogen and oxygen atoms in total. The highest BCUT2D eigenvalue weighted by molar-refractivity contribution is 7.92. The highest BCUT2D eigenvalue weighted by Gasteiger charge is 2.29. The molecule has 0 atom stereocenters. The second kappa shape index (κ2) is 7.85. The van der Waals surface area contributed by atoms with Crippen LogP contribution in [0.4, 0.5) is 17.1 Å². The fourth-order valence-electron chi connectivity index (χ4n) is 3.13. The summed E-state index contributed by atoms with van der Waals surface area (Å²) in [6.45, 7) is 2.63. The number of amides is 1. The van der Waals surface area contributed by atoms with Crippen LogP contribution in [0.3, 0.4) is 0 Å². The van der Waals surface area contributed by atoms with Crippen LogP contribution in [-0.2, 0) is 14.8 Å². The standard InChI is InChI=1S/C18H20N4O5S/c1-2-21(14-6-4-3-5-7-14)28(26,27)15-8-9-16(17(12-15)22(24)25)20-11-10-19-18(23)13-20/h3-9,12H,2,10-11,13H2,1H3,(H,19,23). The van der Waals surface area contributed by atoms with E-state index in [-0.39, 0.29) is 35.3 Å². The summed E-state index contributed by atoms with van der Waals surface area (Å²) in [6.07, 6.45) is 0. The van der Waals surface area contributed by atoms with Crippen molar-refractivity contribution in [2.45, 2.75) is 11.8 Å². The number of para-hydroxylation sites is 1. The molecule has 148 valence electrons. The van der Waals surface area contributed by atoms with Crippen molar-refractivity contribution >= 4 is 33.0 Å². The first-order valence-corrected chi connectivity index (χ1v) is 10.2. The molecule has 1 N–H and O–H groups in total. The molecule has 1 aliphatic rings. The Morgan fingerprint density at radius 1 is 1.21 bits per heavy atom. The van der Waals surface area contributed by atoms with Crippen LogP contribution in [0.1, 0.15) is 6.92 Å². The van der Waals surface area contributed by atoms with E-state index in [4.69, 9.17) is 0 Å². The number of anilines is 2. The lowest BCUT2D eigenvalue weighted by Gasteiger charge is -2.28. The molecule has 0 spiro atoms. The molecule has 2 aromatic carbocycles. The lowest BCUT2D eigenvalue weighted by molar-refractivity contribution is -0.384. The normalized spacial score (nSPS) is 14.5. The zero-order chi connectivity index (χ0) is 20.3. The SMILES string of the molecule is CCN(c1ccccc1)S(=O)(=O)c1ccc(N2CCNC(=O)C2)c([N+](=O)[O-])c1. The van der Waals surface area contributed by atoms with Gasteiger partial charge in [-0.3, -0.25) is 19.2 Å². The molecule has 0 aliphatic carbocycles. The third kappa shape index (κ3) is 3.77. The van der Waals surface area contributed by atoms with Gasteiger partial charge in [0.25, 0.3) is 15.7 Å². The van der Waals surface area contributed by atoms with Gasteiger partial charge < -0.3 is 10.2 Å². The Labute approximate surface area is 162 Å². The third-order valence-electron chi connectivity index (χ3n) is 4.44. The van der Waals surface area contributed by atoms with E-state index in [0.29, 0.717) is 18.8 Å². The highest BCUT2D eigenvalue weighted by Crippen LogP contribution is 2.33. The van der Waals surface area contributed by atoms with E-state index < -0.39 is 14.9 Å². The van der Waals surface area contributed by atoms with E-state index in [1.807, 2.05) is 0 Å². The van der Waals surface area contributed by atoms with Crippen LogP contribution in [0.5, 0.6) is 0 Å². The van der Waals surface area contributed by atoms with Crippen LogP contribution in [0.2, 0.25) is 0 Å². The summed E-state index contributed by atoms with van der Waals surface area (Å²) in [6, 6.07) is 12.3. The predicted octanol–water partition coefficient (Wildman–Crippen LogP) is 1.75. The minimum Gasteiger partial charge on any atom is -0.355 e. The number of rotatable bonds is 6. The van der Waals surface area contributed by atoms with Gasteiger partial charge in [-0.25, -0.2) is 8.42 Å². The first-order chi connectivity index (χ1) is 13.3. The molecule has 3 rings (SSSR count). The average Bonchev–Trinajstić information content (AvgIpc) is 2.68. The first-order valence-electron chi connectivity index (χ1n) is 8.72. The van der Waals surface area contributed by atoms with Gasteiger partial charge in [-0.2, -0.15) is 0 Å². The zero-order valence-electron chi connectivity index (χ0n) is 15.2. The molecule has 0 saturated carbocycles. The molecular formula is C18H20N4O5S. The molecule has 1 amide bonds. The monoisotopic (exact) mass is 404 g/mol. The summed E-state index contributed by atoms with van der Waals surface area (Å²) in [5, 5.41) is 14.3. The molecular weight excluding hydrogens is 384 g/mol. The molecule has 0 unspecified atom stereocenters. The maximum Gasteiger partial charge on any atom is 0.293 e. The number of carbonyl (C=O) groups is 1. The number of hydrogen-bond donors (Lipinski definition) is 1. The van der Waals surface area contributed by atoms with Crippen molar-refractivity contribution in [3.05, 3.63) is 58.6 Å². The Kier molecular flexibility index (Phi) is 5.50. The second-order valence-corrected chi connectivity index (χ2v) is 8.05. The summed E-state index contributed by atoms with van der Waals surface area (Å²) in [7, 11) is -3.99. The molecule has 0 radical (unpaired) electrons. The Hall–Kier alpha value is -3.14. The molecule has 28 heavy (non-hydrogen) atoms. The van der Waals surface area contributed by atoms with E-state index in [2.05, 4.69) is 5.32 Å². The molecule has 10 heteroatoms. The lowest BCUT2D eigenvalue weighted by atomic mass is 10.2. The fraction of sp³-hybridized carbons (Fsp3) is 0.278. The highest BCUT2D eigenvalue weighted by atomic mass is 32.2. The van der Waals surface area contributed by atoms with Gasteiger partial charge in [-0.1, -0.05) is 18.2 Å². The number of nitrogens with zero attached hydrogens (tertiary/aromatic N) is 3. The Morgan fingerprint density at radius 3 is 2.54 bits per heavy atom. The third-order valence-corrected chi connectivity index (χ3v) is 6.34. The lowest BCUT2D eigenvalue weighted by Crippen LogP contribution is -2.47. The fourth-order valence-corrected chi connectivity index (χ4v) is 4.63. The van der Waals surface area contributed by atoms with Crippen LogP contribution in [0, 0.1) is 10.1 Å². The second-order valence-electron chi connectivity index (χ2n) is 6.18. The largest absolute Gasteiger partial charge is 0.355 e. The first kappa shape index (κ1) is 19.6. The summed E-state index contributed by atoms with van der Waals surface area (Å²) in [4.78, 5) is 24.0. The van der Waals surface area contributed by atoms with Gasteiger partial charge in [0.15, 0.2) is 0 Å². The predicted molar refractivity (Wildman–Crippen MR) is 105 cm³/mol. The molecule has 1 heterocycles. The number of carbonyl (C=O) groups excluding carboxylic acids is 1. The number of nitro benzene ring substituents is 1. The maximum atomic E-state index is 13.1. The van der Waals surface area contributed by atoms with Crippen molar-refractivity contribution in [2.24, 2.45) is 0 Å². The van der Waals surface area contributed by atoms with E-state index in [9.17, 15) is 23.3 Å². The van der Waals surface area contributed by atoms with E-state index >= 15 is 0 Å². The van der Waals surface area contributed by atoms with Crippen molar-refractivity contribution in [3.63, 3.8) is 0 Å². The van der Waals surface area contributed by atoms with Gasteiger partial charge in [0.2, 0.25) is 5.91 Å². The van der Waals surface area contributed by atoms with Crippen molar-refractivity contribution in [3.8, 4) is 0 Å². The number of hydrogen-bond acceptors (Lipinski definition) is 6. The average molecular weight is 404 g/mol. The summed E-state index contributed by atoms with van der Waals surface area (Å²) in [5.41, 5.74) is 0.353. The Morgan fingerprint density at radius 2 is 1.93 bits per heavy atom. The Balaban J connectivity index is 2.03. The van der Waals surface area contributed by atoms with Crippen LogP contribution in [0.25, 0.3) is 0 Å².